The highest BCUT2D eigenvalue weighted by Gasteiger charge is 2.25. The molecule has 2 rings (SSSR count). The van der Waals surface area contributed by atoms with Gasteiger partial charge in [0.1, 0.15) is 5.75 Å². The first kappa shape index (κ1) is 10.3. The van der Waals surface area contributed by atoms with E-state index in [1.54, 1.807) is 6.07 Å². The maximum Gasteiger partial charge on any atom is 0.116 e. The number of fused-ring (bicyclic) bond motifs is 1. The van der Waals surface area contributed by atoms with E-state index in [1.807, 2.05) is 19.2 Å². The zero-order chi connectivity index (χ0) is 10.8. The Hall–Kier alpha value is -1.22. The highest BCUT2D eigenvalue weighted by Crippen LogP contribution is 2.34. The van der Waals surface area contributed by atoms with Crippen molar-refractivity contribution in [3.05, 3.63) is 23.8 Å². The van der Waals surface area contributed by atoms with Crippen molar-refractivity contribution in [2.24, 2.45) is 0 Å². The minimum atomic E-state index is 0.372. The minimum Gasteiger partial charge on any atom is -0.508 e. The minimum absolute atomic E-state index is 0.372. The molecule has 0 fully saturated rings. The maximum atomic E-state index is 9.41. The van der Waals surface area contributed by atoms with E-state index in [-0.39, 0.29) is 0 Å². The number of aromatic hydroxyl groups is 1. The average molecular weight is 206 g/mol. The van der Waals surface area contributed by atoms with E-state index in [9.17, 15) is 5.11 Å². The van der Waals surface area contributed by atoms with Crippen molar-refractivity contribution < 1.29 is 5.11 Å². The predicted octanol–water partition coefficient (Wildman–Crippen LogP) is 1.36. The summed E-state index contributed by atoms with van der Waals surface area (Å²) in [5.41, 5.74) is 2.52. The number of nitrogens with one attached hydrogen (secondary N) is 1. The summed E-state index contributed by atoms with van der Waals surface area (Å²) in [4.78, 5) is 2.31. The fourth-order valence-electron chi connectivity index (χ4n) is 2.27. The molecule has 3 nitrogen and oxygen atoms in total. The number of hydrogen-bond acceptors (Lipinski definition) is 3. The van der Waals surface area contributed by atoms with Crippen molar-refractivity contribution in [2.75, 3.05) is 25.5 Å². The number of likely N-dealkylation sites (N-methyl/N-ethyl adjacent to an activating group) is 1. The van der Waals surface area contributed by atoms with Gasteiger partial charge in [0.15, 0.2) is 0 Å². The van der Waals surface area contributed by atoms with Crippen LogP contribution in [0.1, 0.15) is 12.0 Å². The number of benzene rings is 1. The number of rotatable bonds is 3. The van der Waals surface area contributed by atoms with Gasteiger partial charge in [0.05, 0.1) is 0 Å². The smallest absolute Gasteiger partial charge is 0.116 e. The average Bonchev–Trinajstić information content (AvgIpc) is 2.52. The van der Waals surface area contributed by atoms with Gasteiger partial charge in [-0.1, -0.05) is 0 Å². The van der Waals surface area contributed by atoms with Gasteiger partial charge in [-0.25, -0.2) is 0 Å². The third-order valence-corrected chi connectivity index (χ3v) is 3.17. The fraction of sp³-hybridized carbons (Fsp3) is 0.500. The van der Waals surface area contributed by atoms with E-state index < -0.39 is 0 Å². The first-order chi connectivity index (χ1) is 7.22. The van der Waals surface area contributed by atoms with Crippen LogP contribution in [0.15, 0.2) is 18.2 Å². The maximum absolute atomic E-state index is 9.41. The molecule has 2 N–H and O–H groups in total. The first-order valence-corrected chi connectivity index (χ1v) is 5.41. The second-order valence-corrected chi connectivity index (χ2v) is 4.17. The molecule has 0 radical (unpaired) electrons. The molecule has 0 aromatic heterocycles. The quantitative estimate of drug-likeness (QED) is 0.784. The van der Waals surface area contributed by atoms with Crippen molar-refractivity contribution in [3.8, 4) is 5.75 Å². The van der Waals surface area contributed by atoms with Gasteiger partial charge < -0.3 is 15.3 Å². The summed E-state index contributed by atoms with van der Waals surface area (Å²) in [5, 5.41) is 12.6. The van der Waals surface area contributed by atoms with Gasteiger partial charge in [0.2, 0.25) is 0 Å². The molecule has 1 aromatic carbocycles. The summed E-state index contributed by atoms with van der Waals surface area (Å²) in [6.45, 7) is 1.04. The largest absolute Gasteiger partial charge is 0.508 e. The van der Waals surface area contributed by atoms with Gasteiger partial charge in [-0.3, -0.25) is 0 Å². The Bertz CT molecular complexity index is 351. The van der Waals surface area contributed by atoms with Gasteiger partial charge in [-0.2, -0.15) is 0 Å². The number of anilines is 1. The fourth-order valence-corrected chi connectivity index (χ4v) is 2.27. The van der Waals surface area contributed by atoms with E-state index in [2.05, 4.69) is 17.3 Å². The van der Waals surface area contributed by atoms with Crippen LogP contribution in [0.2, 0.25) is 0 Å². The molecule has 1 aliphatic rings. The van der Waals surface area contributed by atoms with Crippen molar-refractivity contribution in [1.82, 2.24) is 5.32 Å². The van der Waals surface area contributed by atoms with Crippen LogP contribution in [0.5, 0.6) is 5.75 Å². The lowest BCUT2D eigenvalue weighted by molar-refractivity contribution is 0.474. The third kappa shape index (κ3) is 1.92. The van der Waals surface area contributed by atoms with E-state index in [0.717, 1.165) is 19.4 Å². The van der Waals surface area contributed by atoms with Crippen LogP contribution in [0, 0.1) is 0 Å². The molecule has 0 saturated heterocycles. The second kappa shape index (κ2) is 4.11. The Labute approximate surface area is 90.7 Å². The second-order valence-electron chi connectivity index (χ2n) is 4.17. The molecular formula is C12H18N2O. The topological polar surface area (TPSA) is 35.5 Å². The molecule has 15 heavy (non-hydrogen) atoms. The zero-order valence-corrected chi connectivity index (χ0v) is 9.33. The normalized spacial score (nSPS) is 19.3. The summed E-state index contributed by atoms with van der Waals surface area (Å²) in [6.07, 6.45) is 2.18. The summed E-state index contributed by atoms with van der Waals surface area (Å²) in [6, 6.07) is 6.21. The lowest BCUT2D eigenvalue weighted by atomic mass is 10.1. The number of hydrogen-bond donors (Lipinski definition) is 2. The SMILES string of the molecule is CNCCC1Cc2cc(O)ccc2N1C. The van der Waals surface area contributed by atoms with Gasteiger partial charge in [0, 0.05) is 18.8 Å². The molecular weight excluding hydrogens is 188 g/mol. The van der Waals surface area contributed by atoms with E-state index in [4.69, 9.17) is 0 Å². The van der Waals surface area contributed by atoms with Crippen LogP contribution >= 0.6 is 0 Å². The molecule has 1 aliphatic heterocycles. The van der Waals surface area contributed by atoms with Crippen LogP contribution < -0.4 is 10.2 Å². The molecule has 0 saturated carbocycles. The molecule has 1 unspecified atom stereocenters. The number of nitrogens with zero attached hydrogens (tertiary/aromatic N) is 1. The molecule has 82 valence electrons. The molecule has 1 aromatic rings. The molecule has 1 heterocycles. The van der Waals surface area contributed by atoms with E-state index in [0.29, 0.717) is 11.8 Å². The Morgan fingerprint density at radius 1 is 1.53 bits per heavy atom. The lowest BCUT2D eigenvalue weighted by Crippen LogP contribution is -2.30. The van der Waals surface area contributed by atoms with E-state index >= 15 is 0 Å². The van der Waals surface area contributed by atoms with Crippen molar-refractivity contribution in [1.29, 1.82) is 0 Å². The van der Waals surface area contributed by atoms with Crippen LogP contribution in [0.3, 0.4) is 0 Å². The zero-order valence-electron chi connectivity index (χ0n) is 9.33. The first-order valence-electron chi connectivity index (χ1n) is 5.41. The van der Waals surface area contributed by atoms with Crippen LogP contribution in [-0.4, -0.2) is 31.8 Å². The highest BCUT2D eigenvalue weighted by molar-refractivity contribution is 5.60. The highest BCUT2D eigenvalue weighted by atomic mass is 16.3. The van der Waals surface area contributed by atoms with E-state index in [1.165, 1.54) is 11.3 Å². The molecule has 0 aliphatic carbocycles. The number of phenols is 1. The van der Waals surface area contributed by atoms with Gasteiger partial charge in [-0.15, -0.1) is 0 Å². The Morgan fingerprint density at radius 3 is 3.07 bits per heavy atom. The number of phenolic OH excluding ortho intramolecular Hbond substituents is 1. The van der Waals surface area contributed by atoms with Crippen LogP contribution in [-0.2, 0) is 6.42 Å². The van der Waals surface area contributed by atoms with Gasteiger partial charge in [-0.05, 0) is 50.2 Å². The lowest BCUT2D eigenvalue weighted by Gasteiger charge is -2.22. The molecule has 0 spiro atoms. The van der Waals surface area contributed by atoms with Crippen LogP contribution in [0.25, 0.3) is 0 Å². The van der Waals surface area contributed by atoms with Gasteiger partial charge >= 0.3 is 0 Å². The molecule has 0 bridgehead atoms. The standard InChI is InChI=1S/C12H18N2O/c1-13-6-5-10-7-9-8-11(15)3-4-12(9)14(10)2/h3-4,8,10,13,15H,5-7H2,1-2H3. The molecule has 1 atom stereocenters. The van der Waals surface area contributed by atoms with Crippen LogP contribution in [0.4, 0.5) is 5.69 Å². The van der Waals surface area contributed by atoms with Gasteiger partial charge in [0.25, 0.3) is 0 Å². The van der Waals surface area contributed by atoms with Crippen molar-refractivity contribution in [2.45, 2.75) is 18.9 Å². The third-order valence-electron chi connectivity index (χ3n) is 3.17. The predicted molar refractivity (Wildman–Crippen MR) is 62.5 cm³/mol. The van der Waals surface area contributed by atoms with Crippen molar-refractivity contribution in [3.63, 3.8) is 0 Å². The summed E-state index contributed by atoms with van der Waals surface area (Å²) < 4.78 is 0. The Kier molecular flexibility index (Phi) is 2.82. The van der Waals surface area contributed by atoms with Crippen molar-refractivity contribution >= 4 is 5.69 Å². The molecule has 0 amide bonds. The summed E-state index contributed by atoms with van der Waals surface area (Å²) in [7, 11) is 4.11. The summed E-state index contributed by atoms with van der Waals surface area (Å²) in [5.74, 6) is 0.372. The summed E-state index contributed by atoms with van der Waals surface area (Å²) >= 11 is 0. The molecule has 3 heteroatoms. The Morgan fingerprint density at radius 2 is 2.33 bits per heavy atom. The monoisotopic (exact) mass is 206 g/mol. The Balaban J connectivity index is 2.14.